The molecule has 0 radical (unpaired) electrons. The number of ether oxygens (including phenoxy) is 1. The zero-order valence-electron chi connectivity index (χ0n) is 12.8. The highest BCUT2D eigenvalue weighted by molar-refractivity contribution is 5.45. The van der Waals surface area contributed by atoms with Crippen LogP contribution in [0.2, 0.25) is 0 Å². The number of nitro groups is 1. The Bertz CT molecular complexity index is 688. The molecule has 1 aliphatic heterocycles. The van der Waals surface area contributed by atoms with E-state index in [2.05, 4.69) is 15.1 Å². The molecule has 2 heterocycles. The second-order valence-electron chi connectivity index (χ2n) is 5.43. The van der Waals surface area contributed by atoms with Crippen LogP contribution in [0.3, 0.4) is 0 Å². The first kappa shape index (κ1) is 15.4. The van der Waals surface area contributed by atoms with Crippen molar-refractivity contribution in [2.45, 2.75) is 25.8 Å². The van der Waals surface area contributed by atoms with Crippen LogP contribution in [0.15, 0.2) is 28.7 Å². The summed E-state index contributed by atoms with van der Waals surface area (Å²) in [6.07, 6.45) is 2.02. The SMILES string of the molecule is Cc1nnc(C2CCCN2CCOc2ccccc2[N+](=O)[O-])o1. The van der Waals surface area contributed by atoms with Crippen molar-refractivity contribution >= 4 is 5.69 Å². The van der Waals surface area contributed by atoms with E-state index in [-0.39, 0.29) is 11.7 Å². The fourth-order valence-corrected chi connectivity index (χ4v) is 2.82. The van der Waals surface area contributed by atoms with Crippen molar-refractivity contribution in [1.82, 2.24) is 15.1 Å². The van der Waals surface area contributed by atoms with Crippen molar-refractivity contribution in [3.8, 4) is 5.75 Å². The monoisotopic (exact) mass is 318 g/mol. The van der Waals surface area contributed by atoms with Gasteiger partial charge in [-0.05, 0) is 25.5 Å². The molecule has 1 aliphatic rings. The lowest BCUT2D eigenvalue weighted by atomic mass is 10.2. The van der Waals surface area contributed by atoms with Crippen molar-refractivity contribution in [1.29, 1.82) is 0 Å². The molecule has 23 heavy (non-hydrogen) atoms. The summed E-state index contributed by atoms with van der Waals surface area (Å²) in [6.45, 7) is 3.71. The molecule has 8 nitrogen and oxygen atoms in total. The third-order valence-corrected chi connectivity index (χ3v) is 3.89. The van der Waals surface area contributed by atoms with Crippen molar-refractivity contribution in [2.75, 3.05) is 19.7 Å². The second kappa shape index (κ2) is 6.74. The molecule has 0 amide bonds. The van der Waals surface area contributed by atoms with Gasteiger partial charge in [0, 0.05) is 19.5 Å². The summed E-state index contributed by atoms with van der Waals surface area (Å²) >= 11 is 0. The number of aromatic nitrogens is 2. The topological polar surface area (TPSA) is 94.5 Å². The van der Waals surface area contributed by atoms with E-state index in [1.54, 1.807) is 25.1 Å². The van der Waals surface area contributed by atoms with Crippen LogP contribution in [0.25, 0.3) is 0 Å². The first-order valence-corrected chi connectivity index (χ1v) is 7.55. The van der Waals surface area contributed by atoms with Crippen LogP contribution < -0.4 is 4.74 Å². The van der Waals surface area contributed by atoms with Gasteiger partial charge in [0.15, 0.2) is 5.75 Å². The molecule has 8 heteroatoms. The van der Waals surface area contributed by atoms with E-state index in [4.69, 9.17) is 9.15 Å². The van der Waals surface area contributed by atoms with Crippen LogP contribution in [0.5, 0.6) is 5.75 Å². The maximum atomic E-state index is 11.0. The lowest BCUT2D eigenvalue weighted by Crippen LogP contribution is -2.28. The van der Waals surface area contributed by atoms with Gasteiger partial charge < -0.3 is 9.15 Å². The predicted octanol–water partition coefficient (Wildman–Crippen LogP) is 2.50. The Balaban J connectivity index is 1.59. The molecule has 2 aromatic rings. The molecule has 3 rings (SSSR count). The van der Waals surface area contributed by atoms with E-state index < -0.39 is 4.92 Å². The molecule has 1 fully saturated rings. The van der Waals surface area contributed by atoms with E-state index in [1.807, 2.05) is 0 Å². The van der Waals surface area contributed by atoms with Crippen LogP contribution in [-0.2, 0) is 0 Å². The quantitative estimate of drug-likeness (QED) is 0.596. The normalized spacial score (nSPS) is 18.2. The Morgan fingerprint density at radius 1 is 1.43 bits per heavy atom. The third kappa shape index (κ3) is 3.48. The lowest BCUT2D eigenvalue weighted by molar-refractivity contribution is -0.385. The minimum absolute atomic E-state index is 0.0157. The Kier molecular flexibility index (Phi) is 4.52. The molecule has 0 N–H and O–H groups in total. The molecular formula is C15H18N4O4. The standard InChI is InChI=1S/C15H18N4O4/c1-11-16-17-15(23-11)13-6-4-8-18(13)9-10-22-14-7-3-2-5-12(14)19(20)21/h2-3,5,7,13H,4,6,8-10H2,1H3. The fourth-order valence-electron chi connectivity index (χ4n) is 2.82. The molecular weight excluding hydrogens is 300 g/mol. The molecule has 0 bridgehead atoms. The number of aryl methyl sites for hydroxylation is 1. The van der Waals surface area contributed by atoms with Gasteiger partial charge in [0.05, 0.1) is 11.0 Å². The van der Waals surface area contributed by atoms with Crippen LogP contribution in [0.4, 0.5) is 5.69 Å². The van der Waals surface area contributed by atoms with Crippen LogP contribution >= 0.6 is 0 Å². The molecule has 1 unspecified atom stereocenters. The molecule has 1 aromatic carbocycles. The fraction of sp³-hybridized carbons (Fsp3) is 0.467. The van der Waals surface area contributed by atoms with E-state index in [9.17, 15) is 10.1 Å². The Hall–Kier alpha value is -2.48. The summed E-state index contributed by atoms with van der Waals surface area (Å²) in [5.41, 5.74) is -0.0157. The summed E-state index contributed by atoms with van der Waals surface area (Å²) < 4.78 is 11.1. The number of hydrogen-bond donors (Lipinski definition) is 0. The molecule has 0 spiro atoms. The molecule has 1 atom stereocenters. The van der Waals surface area contributed by atoms with Gasteiger partial charge in [0.1, 0.15) is 6.61 Å². The summed E-state index contributed by atoms with van der Waals surface area (Å²) in [7, 11) is 0. The summed E-state index contributed by atoms with van der Waals surface area (Å²) in [5.74, 6) is 1.48. The van der Waals surface area contributed by atoms with E-state index in [1.165, 1.54) is 6.07 Å². The molecule has 0 aliphatic carbocycles. The number of nitrogens with zero attached hydrogens (tertiary/aromatic N) is 4. The van der Waals surface area contributed by atoms with Crippen molar-refractivity contribution in [3.63, 3.8) is 0 Å². The number of rotatable bonds is 6. The number of benzene rings is 1. The first-order chi connectivity index (χ1) is 11.1. The Morgan fingerprint density at radius 3 is 3.00 bits per heavy atom. The van der Waals surface area contributed by atoms with Gasteiger partial charge in [-0.2, -0.15) is 0 Å². The number of para-hydroxylation sites is 2. The van der Waals surface area contributed by atoms with Crippen molar-refractivity contribution < 1.29 is 14.1 Å². The van der Waals surface area contributed by atoms with E-state index in [0.717, 1.165) is 19.4 Å². The zero-order valence-corrected chi connectivity index (χ0v) is 12.8. The zero-order chi connectivity index (χ0) is 16.2. The highest BCUT2D eigenvalue weighted by atomic mass is 16.6. The lowest BCUT2D eigenvalue weighted by Gasteiger charge is -2.21. The average molecular weight is 318 g/mol. The maximum Gasteiger partial charge on any atom is 0.310 e. The van der Waals surface area contributed by atoms with Gasteiger partial charge in [-0.1, -0.05) is 12.1 Å². The van der Waals surface area contributed by atoms with Crippen molar-refractivity contribution in [3.05, 3.63) is 46.2 Å². The summed E-state index contributed by atoms with van der Waals surface area (Å²) in [5, 5.41) is 18.9. The second-order valence-corrected chi connectivity index (χ2v) is 5.43. The Labute approximate surface area is 133 Å². The van der Waals surface area contributed by atoms with Gasteiger partial charge in [0.25, 0.3) is 0 Å². The highest BCUT2D eigenvalue weighted by Crippen LogP contribution is 2.31. The van der Waals surface area contributed by atoms with Crippen LogP contribution in [-0.4, -0.2) is 39.7 Å². The third-order valence-electron chi connectivity index (χ3n) is 3.89. The summed E-state index contributed by atoms with van der Waals surface area (Å²) in [6, 6.07) is 6.50. The van der Waals surface area contributed by atoms with Gasteiger partial charge in [-0.15, -0.1) is 10.2 Å². The van der Waals surface area contributed by atoms with Crippen LogP contribution in [0, 0.1) is 17.0 Å². The van der Waals surface area contributed by atoms with Gasteiger partial charge in [-0.25, -0.2) is 0 Å². The van der Waals surface area contributed by atoms with Crippen molar-refractivity contribution in [2.24, 2.45) is 0 Å². The minimum Gasteiger partial charge on any atom is -0.485 e. The smallest absolute Gasteiger partial charge is 0.310 e. The number of hydrogen-bond acceptors (Lipinski definition) is 7. The average Bonchev–Trinajstić information content (AvgIpc) is 3.16. The first-order valence-electron chi connectivity index (χ1n) is 7.55. The summed E-state index contributed by atoms with van der Waals surface area (Å²) in [4.78, 5) is 12.7. The molecule has 122 valence electrons. The minimum atomic E-state index is -0.435. The number of likely N-dealkylation sites (tertiary alicyclic amines) is 1. The number of nitro benzene ring substituents is 1. The molecule has 0 saturated carbocycles. The van der Waals surface area contributed by atoms with Gasteiger partial charge >= 0.3 is 5.69 Å². The Morgan fingerprint density at radius 2 is 2.26 bits per heavy atom. The van der Waals surface area contributed by atoms with E-state index in [0.29, 0.717) is 30.7 Å². The predicted molar refractivity (Wildman–Crippen MR) is 81.2 cm³/mol. The highest BCUT2D eigenvalue weighted by Gasteiger charge is 2.30. The maximum absolute atomic E-state index is 11.0. The van der Waals surface area contributed by atoms with Gasteiger partial charge in [0.2, 0.25) is 11.8 Å². The molecule has 1 aromatic heterocycles. The van der Waals surface area contributed by atoms with Crippen LogP contribution in [0.1, 0.15) is 30.7 Å². The van der Waals surface area contributed by atoms with Gasteiger partial charge in [-0.3, -0.25) is 15.0 Å². The van der Waals surface area contributed by atoms with E-state index >= 15 is 0 Å². The largest absolute Gasteiger partial charge is 0.485 e. The molecule has 1 saturated heterocycles.